The monoisotopic (exact) mass is 319 g/mol. The molecule has 3 aromatic rings. The highest BCUT2D eigenvalue weighted by molar-refractivity contribution is 5.94. The first kappa shape index (κ1) is 16.0. The highest BCUT2D eigenvalue weighted by atomic mass is 16.1. The molecule has 0 bridgehead atoms. The van der Waals surface area contributed by atoms with Crippen molar-refractivity contribution in [3.63, 3.8) is 0 Å². The molecular weight excluding hydrogens is 298 g/mol. The fourth-order valence-corrected chi connectivity index (χ4v) is 2.55. The van der Waals surface area contributed by atoms with E-state index in [0.29, 0.717) is 12.1 Å². The van der Waals surface area contributed by atoms with E-state index in [1.165, 1.54) is 11.1 Å². The summed E-state index contributed by atoms with van der Waals surface area (Å²) in [6.45, 7) is 2.72. The second-order valence-electron chi connectivity index (χ2n) is 5.67. The third-order valence-electron chi connectivity index (χ3n) is 4.03. The predicted octanol–water partition coefficient (Wildman–Crippen LogP) is 3.41. The van der Waals surface area contributed by atoms with E-state index < -0.39 is 0 Å². The molecule has 122 valence electrons. The van der Waals surface area contributed by atoms with Crippen LogP contribution in [0.1, 0.15) is 28.4 Å². The maximum atomic E-state index is 12.1. The van der Waals surface area contributed by atoms with Crippen molar-refractivity contribution in [1.29, 1.82) is 0 Å². The van der Waals surface area contributed by atoms with Crippen LogP contribution in [-0.2, 0) is 12.8 Å². The topological polar surface area (TPSA) is 46.9 Å². The van der Waals surface area contributed by atoms with E-state index in [2.05, 4.69) is 29.5 Å². The van der Waals surface area contributed by atoms with Gasteiger partial charge in [-0.05, 0) is 54.3 Å². The van der Waals surface area contributed by atoms with Gasteiger partial charge in [0.1, 0.15) is 0 Å². The maximum Gasteiger partial charge on any atom is 0.251 e. The molecule has 4 heteroatoms. The standard InChI is InChI=1S/C20H21N3O/c1-2-16-4-8-18(9-5-16)20(24)21-14-12-17-6-10-19(11-7-17)23-15-3-13-22-23/h3-11,13,15H,2,12,14H2,1H3,(H,21,24). The smallest absolute Gasteiger partial charge is 0.251 e. The summed E-state index contributed by atoms with van der Waals surface area (Å²) in [5, 5.41) is 7.18. The zero-order chi connectivity index (χ0) is 16.8. The Bertz CT molecular complexity index is 775. The van der Waals surface area contributed by atoms with Crippen LogP contribution < -0.4 is 5.32 Å². The SMILES string of the molecule is CCc1ccc(C(=O)NCCc2ccc(-n3cccn3)cc2)cc1. The molecular formula is C20H21N3O. The molecule has 24 heavy (non-hydrogen) atoms. The van der Waals surface area contributed by atoms with E-state index in [-0.39, 0.29) is 5.91 Å². The number of aromatic nitrogens is 2. The zero-order valence-corrected chi connectivity index (χ0v) is 13.8. The van der Waals surface area contributed by atoms with Crippen LogP contribution in [-0.4, -0.2) is 22.2 Å². The summed E-state index contributed by atoms with van der Waals surface area (Å²) in [6, 6.07) is 17.9. The van der Waals surface area contributed by atoms with Crippen molar-refractivity contribution in [3.05, 3.63) is 83.7 Å². The largest absolute Gasteiger partial charge is 0.352 e. The van der Waals surface area contributed by atoms with Crippen LogP contribution in [0.2, 0.25) is 0 Å². The summed E-state index contributed by atoms with van der Waals surface area (Å²) >= 11 is 0. The molecule has 0 saturated heterocycles. The number of carbonyl (C=O) groups is 1. The first-order valence-electron chi connectivity index (χ1n) is 8.22. The van der Waals surface area contributed by atoms with Crippen LogP contribution in [0.15, 0.2) is 67.0 Å². The minimum absolute atomic E-state index is 0.0224. The molecule has 0 fully saturated rings. The molecule has 0 aliphatic rings. The third-order valence-corrected chi connectivity index (χ3v) is 4.03. The maximum absolute atomic E-state index is 12.1. The Kier molecular flexibility index (Phi) is 5.06. The molecule has 1 amide bonds. The summed E-state index contributed by atoms with van der Waals surface area (Å²) in [7, 11) is 0. The minimum Gasteiger partial charge on any atom is -0.352 e. The first-order chi connectivity index (χ1) is 11.8. The Labute approximate surface area is 142 Å². The van der Waals surface area contributed by atoms with Crippen molar-refractivity contribution >= 4 is 5.91 Å². The van der Waals surface area contributed by atoms with E-state index >= 15 is 0 Å². The highest BCUT2D eigenvalue weighted by Crippen LogP contribution is 2.09. The Hall–Kier alpha value is -2.88. The average Bonchev–Trinajstić information content (AvgIpc) is 3.17. The van der Waals surface area contributed by atoms with E-state index in [1.54, 1.807) is 6.20 Å². The van der Waals surface area contributed by atoms with Gasteiger partial charge < -0.3 is 5.32 Å². The molecule has 0 radical (unpaired) electrons. The van der Waals surface area contributed by atoms with Crippen molar-refractivity contribution in [2.24, 2.45) is 0 Å². The molecule has 1 N–H and O–H groups in total. The van der Waals surface area contributed by atoms with Gasteiger partial charge in [0.05, 0.1) is 5.69 Å². The Morgan fingerprint density at radius 1 is 1.04 bits per heavy atom. The number of carbonyl (C=O) groups excluding carboxylic acids is 1. The number of hydrogen-bond donors (Lipinski definition) is 1. The van der Waals surface area contributed by atoms with Gasteiger partial charge >= 0.3 is 0 Å². The fourth-order valence-electron chi connectivity index (χ4n) is 2.55. The second kappa shape index (κ2) is 7.59. The van der Waals surface area contributed by atoms with Crippen molar-refractivity contribution in [1.82, 2.24) is 15.1 Å². The summed E-state index contributed by atoms with van der Waals surface area (Å²) < 4.78 is 1.82. The Balaban J connectivity index is 1.51. The van der Waals surface area contributed by atoms with Crippen LogP contribution in [0.3, 0.4) is 0 Å². The normalized spacial score (nSPS) is 10.5. The molecule has 0 saturated carbocycles. The van der Waals surface area contributed by atoms with Gasteiger partial charge in [-0.1, -0.05) is 31.2 Å². The van der Waals surface area contributed by atoms with Gasteiger partial charge in [0, 0.05) is 24.5 Å². The number of rotatable bonds is 6. The van der Waals surface area contributed by atoms with Crippen LogP contribution in [0.25, 0.3) is 5.69 Å². The molecule has 0 aliphatic carbocycles. The molecule has 0 spiro atoms. The lowest BCUT2D eigenvalue weighted by Gasteiger charge is -2.07. The van der Waals surface area contributed by atoms with Gasteiger partial charge in [-0.3, -0.25) is 4.79 Å². The van der Waals surface area contributed by atoms with E-state index in [4.69, 9.17) is 0 Å². The summed E-state index contributed by atoms with van der Waals surface area (Å²) in [4.78, 5) is 12.1. The van der Waals surface area contributed by atoms with Gasteiger partial charge in [-0.15, -0.1) is 0 Å². The number of benzene rings is 2. The highest BCUT2D eigenvalue weighted by Gasteiger charge is 2.04. The van der Waals surface area contributed by atoms with Gasteiger partial charge in [-0.2, -0.15) is 5.10 Å². The van der Waals surface area contributed by atoms with Gasteiger partial charge in [0.25, 0.3) is 5.91 Å². The first-order valence-corrected chi connectivity index (χ1v) is 8.22. The molecule has 4 nitrogen and oxygen atoms in total. The van der Waals surface area contributed by atoms with Crippen LogP contribution >= 0.6 is 0 Å². The molecule has 0 aliphatic heterocycles. The second-order valence-corrected chi connectivity index (χ2v) is 5.67. The number of aryl methyl sites for hydroxylation is 1. The van der Waals surface area contributed by atoms with Crippen molar-refractivity contribution < 1.29 is 4.79 Å². The van der Waals surface area contributed by atoms with Crippen molar-refractivity contribution in [2.45, 2.75) is 19.8 Å². The Morgan fingerprint density at radius 3 is 2.38 bits per heavy atom. The number of nitrogens with zero attached hydrogens (tertiary/aromatic N) is 2. The minimum atomic E-state index is -0.0224. The molecule has 1 aromatic heterocycles. The van der Waals surface area contributed by atoms with Gasteiger partial charge in [-0.25, -0.2) is 4.68 Å². The van der Waals surface area contributed by atoms with Crippen LogP contribution in [0.4, 0.5) is 0 Å². The lowest BCUT2D eigenvalue weighted by atomic mass is 10.1. The van der Waals surface area contributed by atoms with Gasteiger partial charge in [0.2, 0.25) is 0 Å². The van der Waals surface area contributed by atoms with E-state index in [0.717, 1.165) is 18.5 Å². The lowest BCUT2D eigenvalue weighted by molar-refractivity contribution is 0.0954. The average molecular weight is 319 g/mol. The quantitative estimate of drug-likeness (QED) is 0.757. The predicted molar refractivity (Wildman–Crippen MR) is 95.4 cm³/mol. The number of nitrogens with one attached hydrogen (secondary N) is 1. The van der Waals surface area contributed by atoms with E-state index in [1.807, 2.05) is 53.3 Å². The molecule has 1 heterocycles. The molecule has 2 aromatic carbocycles. The summed E-state index contributed by atoms with van der Waals surface area (Å²) in [5.74, 6) is -0.0224. The summed E-state index contributed by atoms with van der Waals surface area (Å²) in [5.41, 5.74) is 4.17. The fraction of sp³-hybridized carbons (Fsp3) is 0.200. The van der Waals surface area contributed by atoms with E-state index in [9.17, 15) is 4.79 Å². The molecule has 3 rings (SSSR count). The third kappa shape index (κ3) is 3.90. The van der Waals surface area contributed by atoms with Crippen LogP contribution in [0.5, 0.6) is 0 Å². The Morgan fingerprint density at radius 2 is 1.75 bits per heavy atom. The number of hydrogen-bond acceptors (Lipinski definition) is 2. The zero-order valence-electron chi connectivity index (χ0n) is 13.8. The van der Waals surface area contributed by atoms with Crippen molar-refractivity contribution in [3.8, 4) is 5.69 Å². The van der Waals surface area contributed by atoms with Crippen LogP contribution in [0, 0.1) is 0 Å². The lowest BCUT2D eigenvalue weighted by Crippen LogP contribution is -2.25. The number of amides is 1. The molecule has 0 unspecified atom stereocenters. The summed E-state index contributed by atoms with van der Waals surface area (Å²) in [6.07, 6.45) is 5.46. The van der Waals surface area contributed by atoms with Crippen molar-refractivity contribution in [2.75, 3.05) is 6.54 Å². The molecule has 0 atom stereocenters. The van der Waals surface area contributed by atoms with Gasteiger partial charge in [0.15, 0.2) is 0 Å².